The Hall–Kier alpha value is -2.17. The van der Waals surface area contributed by atoms with Crippen LogP contribution in [0.25, 0.3) is 10.8 Å². The Kier molecular flexibility index (Phi) is 3.99. The van der Waals surface area contributed by atoms with Crippen LogP contribution in [0.1, 0.15) is 20.1 Å². The molecule has 0 saturated carbocycles. The van der Waals surface area contributed by atoms with Gasteiger partial charge in [-0.3, -0.25) is 0 Å². The van der Waals surface area contributed by atoms with Gasteiger partial charge in [0.05, 0.1) is 0 Å². The average Bonchev–Trinajstić information content (AvgIpc) is 2.97. The smallest absolute Gasteiger partial charge is 0.345 e. The van der Waals surface area contributed by atoms with Crippen LogP contribution in [0, 0.1) is 0 Å². The standard InChI is InChI=1S/C17H15NO2S/c19-17(20)16-9-8-14(21-16)11-18-10-13-6-3-5-12-4-1-2-7-15(12)13/h1-9,18H,10-11H2,(H,19,20). The zero-order chi connectivity index (χ0) is 14.7. The number of aromatic carboxylic acids is 1. The van der Waals surface area contributed by atoms with E-state index in [-0.39, 0.29) is 0 Å². The highest BCUT2D eigenvalue weighted by molar-refractivity contribution is 7.13. The molecule has 3 nitrogen and oxygen atoms in total. The van der Waals surface area contributed by atoms with Gasteiger partial charge in [0.1, 0.15) is 4.88 Å². The van der Waals surface area contributed by atoms with E-state index in [1.54, 1.807) is 6.07 Å². The lowest BCUT2D eigenvalue weighted by Crippen LogP contribution is -2.11. The lowest BCUT2D eigenvalue weighted by Gasteiger charge is -2.07. The number of carbonyl (C=O) groups is 1. The first kappa shape index (κ1) is 13.8. The Bertz CT molecular complexity index is 774. The van der Waals surface area contributed by atoms with E-state index in [1.807, 2.05) is 18.2 Å². The Balaban J connectivity index is 1.68. The van der Waals surface area contributed by atoms with Crippen LogP contribution in [0.4, 0.5) is 0 Å². The van der Waals surface area contributed by atoms with Crippen molar-refractivity contribution in [3.63, 3.8) is 0 Å². The second kappa shape index (κ2) is 6.08. The van der Waals surface area contributed by atoms with Crippen LogP contribution in [0.3, 0.4) is 0 Å². The molecule has 0 aliphatic carbocycles. The fourth-order valence-corrected chi connectivity index (χ4v) is 3.17. The van der Waals surface area contributed by atoms with Crippen molar-refractivity contribution in [3.05, 3.63) is 69.9 Å². The van der Waals surface area contributed by atoms with Gasteiger partial charge in [0.2, 0.25) is 0 Å². The molecule has 1 aromatic heterocycles. The van der Waals surface area contributed by atoms with Crippen molar-refractivity contribution in [3.8, 4) is 0 Å². The van der Waals surface area contributed by atoms with Crippen LogP contribution < -0.4 is 5.32 Å². The van der Waals surface area contributed by atoms with Crippen molar-refractivity contribution >= 4 is 28.1 Å². The highest BCUT2D eigenvalue weighted by atomic mass is 32.1. The van der Waals surface area contributed by atoms with Crippen LogP contribution in [-0.2, 0) is 13.1 Å². The molecule has 4 heteroatoms. The van der Waals surface area contributed by atoms with Gasteiger partial charge < -0.3 is 10.4 Å². The molecule has 2 aromatic carbocycles. The maximum absolute atomic E-state index is 10.8. The van der Waals surface area contributed by atoms with E-state index in [0.717, 1.165) is 11.4 Å². The van der Waals surface area contributed by atoms with E-state index in [1.165, 1.54) is 27.7 Å². The molecule has 0 amide bonds. The highest BCUT2D eigenvalue weighted by Gasteiger charge is 2.06. The second-order valence-corrected chi connectivity index (χ2v) is 5.98. The molecule has 3 aromatic rings. The fraction of sp³-hybridized carbons (Fsp3) is 0.118. The molecule has 0 fully saturated rings. The minimum Gasteiger partial charge on any atom is -0.477 e. The van der Waals surface area contributed by atoms with Crippen molar-refractivity contribution in [2.24, 2.45) is 0 Å². The van der Waals surface area contributed by atoms with Gasteiger partial charge in [-0.2, -0.15) is 0 Å². The summed E-state index contributed by atoms with van der Waals surface area (Å²) in [5.74, 6) is -0.861. The molecule has 0 aliphatic rings. The molecule has 0 aliphatic heterocycles. The number of nitrogens with one attached hydrogen (secondary N) is 1. The Labute approximate surface area is 126 Å². The third-order valence-corrected chi connectivity index (χ3v) is 4.44. The highest BCUT2D eigenvalue weighted by Crippen LogP contribution is 2.19. The summed E-state index contributed by atoms with van der Waals surface area (Å²) in [6.45, 7) is 1.45. The average molecular weight is 297 g/mol. The number of thiophene rings is 1. The number of hydrogen-bond acceptors (Lipinski definition) is 3. The molecule has 0 saturated heterocycles. The minimum absolute atomic E-state index is 0.386. The summed E-state index contributed by atoms with van der Waals surface area (Å²) in [4.78, 5) is 12.3. The van der Waals surface area contributed by atoms with Crippen molar-refractivity contribution < 1.29 is 9.90 Å². The first-order chi connectivity index (χ1) is 10.2. The molecule has 2 N–H and O–H groups in total. The van der Waals surface area contributed by atoms with E-state index >= 15 is 0 Å². The SMILES string of the molecule is O=C(O)c1ccc(CNCc2cccc3ccccc23)s1. The fourth-order valence-electron chi connectivity index (χ4n) is 2.35. The quantitative estimate of drug-likeness (QED) is 0.751. The van der Waals surface area contributed by atoms with Gasteiger partial charge in [0.15, 0.2) is 0 Å². The molecule has 106 valence electrons. The molecule has 0 bridgehead atoms. The molecule has 0 spiro atoms. The number of fused-ring (bicyclic) bond motifs is 1. The van der Waals surface area contributed by atoms with Gasteiger partial charge >= 0.3 is 5.97 Å². The predicted octanol–water partition coefficient (Wildman–Crippen LogP) is 3.89. The summed E-state index contributed by atoms with van der Waals surface area (Å²) in [6.07, 6.45) is 0. The van der Waals surface area contributed by atoms with Crippen LogP contribution in [0.15, 0.2) is 54.6 Å². The molecule has 0 unspecified atom stereocenters. The Morgan fingerprint density at radius 3 is 2.62 bits per heavy atom. The zero-order valence-corrected chi connectivity index (χ0v) is 12.2. The third kappa shape index (κ3) is 3.12. The maximum Gasteiger partial charge on any atom is 0.345 e. The lowest BCUT2D eigenvalue weighted by atomic mass is 10.0. The summed E-state index contributed by atoms with van der Waals surface area (Å²) in [6, 6.07) is 18.1. The van der Waals surface area contributed by atoms with Crippen molar-refractivity contribution in [1.82, 2.24) is 5.32 Å². The largest absolute Gasteiger partial charge is 0.477 e. The number of hydrogen-bond donors (Lipinski definition) is 2. The third-order valence-electron chi connectivity index (χ3n) is 3.37. The monoisotopic (exact) mass is 297 g/mol. The van der Waals surface area contributed by atoms with E-state index in [0.29, 0.717) is 11.4 Å². The van der Waals surface area contributed by atoms with E-state index < -0.39 is 5.97 Å². The molecule has 0 atom stereocenters. The first-order valence-corrected chi connectivity index (χ1v) is 7.55. The van der Waals surface area contributed by atoms with Crippen molar-refractivity contribution in [2.45, 2.75) is 13.1 Å². The van der Waals surface area contributed by atoms with Gasteiger partial charge in [0.25, 0.3) is 0 Å². The van der Waals surface area contributed by atoms with Gasteiger partial charge in [0, 0.05) is 18.0 Å². The summed E-state index contributed by atoms with van der Waals surface area (Å²) in [5, 5.41) is 14.8. The minimum atomic E-state index is -0.861. The number of benzene rings is 2. The number of carboxylic acids is 1. The summed E-state index contributed by atoms with van der Waals surface area (Å²) >= 11 is 1.32. The summed E-state index contributed by atoms with van der Waals surface area (Å²) in [5.41, 5.74) is 1.25. The van der Waals surface area contributed by atoms with Crippen LogP contribution in [0.2, 0.25) is 0 Å². The Morgan fingerprint density at radius 2 is 1.81 bits per heavy atom. The lowest BCUT2D eigenvalue weighted by molar-refractivity contribution is 0.0702. The van der Waals surface area contributed by atoms with Crippen LogP contribution in [0.5, 0.6) is 0 Å². The van der Waals surface area contributed by atoms with E-state index in [4.69, 9.17) is 5.11 Å². The molecule has 1 heterocycles. The summed E-state index contributed by atoms with van der Waals surface area (Å²) in [7, 11) is 0. The topological polar surface area (TPSA) is 49.3 Å². The molecular weight excluding hydrogens is 282 g/mol. The molecular formula is C17H15NO2S. The molecule has 3 rings (SSSR count). The first-order valence-electron chi connectivity index (χ1n) is 6.73. The second-order valence-electron chi connectivity index (χ2n) is 4.81. The van der Waals surface area contributed by atoms with Gasteiger partial charge in [-0.05, 0) is 28.5 Å². The van der Waals surface area contributed by atoms with Crippen molar-refractivity contribution in [2.75, 3.05) is 0 Å². The zero-order valence-electron chi connectivity index (χ0n) is 11.4. The van der Waals surface area contributed by atoms with Gasteiger partial charge in [-0.1, -0.05) is 42.5 Å². The van der Waals surface area contributed by atoms with Crippen LogP contribution >= 0.6 is 11.3 Å². The number of rotatable bonds is 5. The number of carboxylic acid groups (broad SMARTS) is 1. The van der Waals surface area contributed by atoms with Gasteiger partial charge in [-0.15, -0.1) is 11.3 Å². The van der Waals surface area contributed by atoms with Crippen LogP contribution in [-0.4, -0.2) is 11.1 Å². The summed E-state index contributed by atoms with van der Waals surface area (Å²) < 4.78 is 0. The predicted molar refractivity (Wildman–Crippen MR) is 85.8 cm³/mol. The van der Waals surface area contributed by atoms with E-state index in [2.05, 4.69) is 35.6 Å². The van der Waals surface area contributed by atoms with Crippen molar-refractivity contribution in [1.29, 1.82) is 0 Å². The maximum atomic E-state index is 10.8. The van der Waals surface area contributed by atoms with E-state index in [9.17, 15) is 4.79 Å². The normalized spacial score (nSPS) is 10.9. The van der Waals surface area contributed by atoms with Gasteiger partial charge in [-0.25, -0.2) is 4.79 Å². The Morgan fingerprint density at radius 1 is 1.00 bits per heavy atom. The molecule has 0 radical (unpaired) electrons. The molecule has 21 heavy (non-hydrogen) atoms.